The van der Waals surface area contributed by atoms with Gasteiger partial charge in [0.2, 0.25) is 0 Å². The molecule has 3 aromatic rings. The van der Waals surface area contributed by atoms with Gasteiger partial charge < -0.3 is 29.3 Å². The van der Waals surface area contributed by atoms with Gasteiger partial charge in [-0.25, -0.2) is 4.99 Å². The van der Waals surface area contributed by atoms with E-state index >= 15 is 0 Å². The monoisotopic (exact) mass is 563 g/mol. The van der Waals surface area contributed by atoms with Crippen molar-refractivity contribution in [2.75, 3.05) is 32.2 Å². The molecular weight excluding hydrogens is 533 g/mol. The van der Waals surface area contributed by atoms with Crippen molar-refractivity contribution >= 4 is 35.6 Å². The Morgan fingerprint density at radius 2 is 1.85 bits per heavy atom. The van der Waals surface area contributed by atoms with Crippen molar-refractivity contribution in [3.8, 4) is 11.5 Å². The van der Waals surface area contributed by atoms with Crippen LogP contribution in [0, 0.1) is 0 Å². The number of hydrogen-bond donors (Lipinski definition) is 2. The van der Waals surface area contributed by atoms with Crippen LogP contribution in [0.3, 0.4) is 0 Å². The molecule has 7 nitrogen and oxygen atoms in total. The zero-order chi connectivity index (χ0) is 22.0. The van der Waals surface area contributed by atoms with Gasteiger partial charge in [-0.1, -0.05) is 24.3 Å². The first-order chi connectivity index (χ1) is 15.8. The summed E-state index contributed by atoms with van der Waals surface area (Å²) < 4.78 is 22.2. The fraction of sp³-hybridized carbons (Fsp3) is 0.320. The predicted molar refractivity (Wildman–Crippen MR) is 140 cm³/mol. The normalized spacial score (nSPS) is 13.1. The fourth-order valence-electron chi connectivity index (χ4n) is 3.43. The third kappa shape index (κ3) is 7.68. The highest BCUT2D eigenvalue weighted by molar-refractivity contribution is 14.0. The summed E-state index contributed by atoms with van der Waals surface area (Å²) in [5, 5.41) is 6.78. The van der Waals surface area contributed by atoms with E-state index in [4.69, 9.17) is 23.6 Å². The van der Waals surface area contributed by atoms with Gasteiger partial charge in [-0.05, 0) is 35.4 Å². The predicted octanol–water partition coefficient (Wildman–Crippen LogP) is 5.01. The SMILES string of the molecule is COCc1cccc(CN=C(NCCc2ccco2)Nc2ccc3c(c2)OCCCO3)c1.I. The van der Waals surface area contributed by atoms with Gasteiger partial charge in [0.15, 0.2) is 17.5 Å². The van der Waals surface area contributed by atoms with Gasteiger partial charge in [-0.15, -0.1) is 24.0 Å². The van der Waals surface area contributed by atoms with Crippen LogP contribution in [0.4, 0.5) is 5.69 Å². The summed E-state index contributed by atoms with van der Waals surface area (Å²) in [6, 6.07) is 18.0. The lowest BCUT2D eigenvalue weighted by Gasteiger charge is -2.14. The number of furan rings is 1. The molecule has 8 heteroatoms. The first kappa shape index (κ1) is 24.9. The minimum atomic E-state index is 0. The maximum Gasteiger partial charge on any atom is 0.196 e. The zero-order valence-electron chi connectivity index (χ0n) is 18.7. The summed E-state index contributed by atoms with van der Waals surface area (Å²) in [5.41, 5.74) is 3.13. The first-order valence-electron chi connectivity index (χ1n) is 10.8. The number of rotatable bonds is 8. The van der Waals surface area contributed by atoms with Crippen LogP contribution < -0.4 is 20.1 Å². The highest BCUT2D eigenvalue weighted by atomic mass is 127. The second-order valence-electron chi connectivity index (χ2n) is 7.51. The van der Waals surface area contributed by atoms with E-state index in [1.54, 1.807) is 13.4 Å². The largest absolute Gasteiger partial charge is 0.490 e. The van der Waals surface area contributed by atoms with Crippen molar-refractivity contribution in [1.29, 1.82) is 0 Å². The number of nitrogens with zero attached hydrogens (tertiary/aromatic N) is 1. The number of guanidine groups is 1. The standard InChI is InChI=1S/C25H29N3O4.HI/c1-29-18-20-6-2-5-19(15-20)17-27-25(26-11-10-22-7-3-12-30-22)28-21-8-9-23-24(16-21)32-14-4-13-31-23;/h2-3,5-9,12,15-16H,4,10-11,13-14,17-18H2,1H3,(H2,26,27,28);1H. The van der Waals surface area contributed by atoms with Crippen molar-refractivity contribution in [2.45, 2.75) is 26.0 Å². The van der Waals surface area contributed by atoms with Gasteiger partial charge in [-0.3, -0.25) is 0 Å². The molecule has 2 aromatic carbocycles. The highest BCUT2D eigenvalue weighted by Gasteiger charge is 2.11. The van der Waals surface area contributed by atoms with Gasteiger partial charge in [0, 0.05) is 38.2 Å². The molecule has 0 aliphatic carbocycles. The Labute approximate surface area is 211 Å². The van der Waals surface area contributed by atoms with E-state index in [-0.39, 0.29) is 24.0 Å². The minimum Gasteiger partial charge on any atom is -0.490 e. The summed E-state index contributed by atoms with van der Waals surface area (Å²) in [4.78, 5) is 4.79. The van der Waals surface area contributed by atoms with Crippen LogP contribution >= 0.6 is 24.0 Å². The summed E-state index contributed by atoms with van der Waals surface area (Å²) in [5.74, 6) is 3.13. The quantitative estimate of drug-likeness (QED) is 0.228. The van der Waals surface area contributed by atoms with E-state index in [0.717, 1.165) is 46.9 Å². The average Bonchev–Trinajstić information content (AvgIpc) is 3.21. The molecule has 0 bridgehead atoms. The summed E-state index contributed by atoms with van der Waals surface area (Å²) >= 11 is 0. The molecule has 4 rings (SSSR count). The average molecular weight is 563 g/mol. The summed E-state index contributed by atoms with van der Waals surface area (Å²) in [7, 11) is 1.70. The third-order valence-corrected chi connectivity index (χ3v) is 4.98. The van der Waals surface area contributed by atoms with Crippen LogP contribution in [0.5, 0.6) is 11.5 Å². The molecule has 0 spiro atoms. The first-order valence-corrected chi connectivity index (χ1v) is 10.8. The van der Waals surface area contributed by atoms with Gasteiger partial charge in [0.05, 0.1) is 32.6 Å². The molecule has 0 unspecified atom stereocenters. The minimum absolute atomic E-state index is 0. The van der Waals surface area contributed by atoms with Crippen LogP contribution in [0.25, 0.3) is 0 Å². The molecule has 0 saturated carbocycles. The van der Waals surface area contributed by atoms with Crippen molar-refractivity contribution in [2.24, 2.45) is 4.99 Å². The molecule has 1 aliphatic heterocycles. The second kappa shape index (κ2) is 13.1. The summed E-state index contributed by atoms with van der Waals surface area (Å²) in [6.45, 7) is 3.13. The van der Waals surface area contributed by atoms with Crippen LogP contribution in [0.1, 0.15) is 23.3 Å². The van der Waals surface area contributed by atoms with Crippen LogP contribution in [-0.4, -0.2) is 32.8 Å². The van der Waals surface area contributed by atoms with Crippen molar-refractivity contribution < 1.29 is 18.6 Å². The molecule has 0 atom stereocenters. The third-order valence-electron chi connectivity index (χ3n) is 4.98. The van der Waals surface area contributed by atoms with Gasteiger partial charge >= 0.3 is 0 Å². The van der Waals surface area contributed by atoms with E-state index in [9.17, 15) is 0 Å². The molecule has 0 saturated heterocycles. The van der Waals surface area contributed by atoms with Crippen LogP contribution in [-0.2, 0) is 24.3 Å². The van der Waals surface area contributed by atoms with Crippen LogP contribution in [0.15, 0.2) is 70.3 Å². The number of benzene rings is 2. The van der Waals surface area contributed by atoms with E-state index < -0.39 is 0 Å². The van der Waals surface area contributed by atoms with Crippen molar-refractivity contribution in [3.63, 3.8) is 0 Å². The molecule has 0 fully saturated rings. The Bertz CT molecular complexity index is 1020. The van der Waals surface area contributed by atoms with E-state index in [1.165, 1.54) is 0 Å². The van der Waals surface area contributed by atoms with E-state index in [1.807, 2.05) is 36.4 Å². The maximum absolute atomic E-state index is 5.82. The fourth-order valence-corrected chi connectivity index (χ4v) is 3.43. The lowest BCUT2D eigenvalue weighted by atomic mass is 10.1. The molecule has 1 aliphatic rings. The number of aliphatic imine (C=N–C) groups is 1. The number of fused-ring (bicyclic) bond motifs is 1. The number of ether oxygens (including phenoxy) is 3. The van der Waals surface area contributed by atoms with Crippen LogP contribution in [0.2, 0.25) is 0 Å². The molecule has 176 valence electrons. The number of hydrogen-bond acceptors (Lipinski definition) is 5. The molecule has 2 heterocycles. The van der Waals surface area contributed by atoms with Gasteiger partial charge in [-0.2, -0.15) is 0 Å². The van der Waals surface area contributed by atoms with E-state index in [0.29, 0.717) is 38.9 Å². The molecule has 0 amide bonds. The molecule has 1 aromatic heterocycles. The number of anilines is 1. The Kier molecular flexibility index (Phi) is 9.89. The Morgan fingerprint density at radius 1 is 1.00 bits per heavy atom. The Balaban J connectivity index is 0.00000306. The second-order valence-corrected chi connectivity index (χ2v) is 7.51. The Hall–Kier alpha value is -2.72. The molecule has 2 N–H and O–H groups in total. The molecule has 0 radical (unpaired) electrons. The smallest absolute Gasteiger partial charge is 0.196 e. The number of halogens is 1. The zero-order valence-corrected chi connectivity index (χ0v) is 21.0. The topological polar surface area (TPSA) is 77.2 Å². The molecular formula is C25H30IN3O4. The molecule has 33 heavy (non-hydrogen) atoms. The lowest BCUT2D eigenvalue weighted by Crippen LogP contribution is -2.32. The summed E-state index contributed by atoms with van der Waals surface area (Å²) in [6.07, 6.45) is 3.33. The number of nitrogens with one attached hydrogen (secondary N) is 2. The maximum atomic E-state index is 5.82. The number of methoxy groups -OCH3 is 1. The van der Waals surface area contributed by atoms with Gasteiger partial charge in [0.25, 0.3) is 0 Å². The Morgan fingerprint density at radius 3 is 2.67 bits per heavy atom. The van der Waals surface area contributed by atoms with Crippen molar-refractivity contribution in [3.05, 3.63) is 77.7 Å². The van der Waals surface area contributed by atoms with E-state index in [2.05, 4.69) is 28.8 Å². The van der Waals surface area contributed by atoms with Gasteiger partial charge in [0.1, 0.15) is 5.76 Å². The van der Waals surface area contributed by atoms with Crippen molar-refractivity contribution in [1.82, 2.24) is 5.32 Å². The highest BCUT2D eigenvalue weighted by Crippen LogP contribution is 2.32. The lowest BCUT2D eigenvalue weighted by molar-refractivity contribution is 0.185.